The number of hydrogen-bond donors (Lipinski definition) is 2. The first-order chi connectivity index (χ1) is 16.0. The van der Waals surface area contributed by atoms with Gasteiger partial charge in [-0.3, -0.25) is 9.59 Å². The van der Waals surface area contributed by atoms with Crippen molar-refractivity contribution in [3.63, 3.8) is 0 Å². The highest BCUT2D eigenvalue weighted by Crippen LogP contribution is 2.30. The maximum absolute atomic E-state index is 12.8. The summed E-state index contributed by atoms with van der Waals surface area (Å²) in [5.41, 5.74) is 4.38. The molecule has 3 aromatic rings. The third kappa shape index (κ3) is 5.37. The summed E-state index contributed by atoms with van der Waals surface area (Å²) in [5, 5.41) is 12.2. The lowest BCUT2D eigenvalue weighted by Gasteiger charge is -2.26. The monoisotopic (exact) mass is 441 g/mol. The van der Waals surface area contributed by atoms with Crippen LogP contribution in [0.4, 0.5) is 0 Å². The van der Waals surface area contributed by atoms with E-state index in [1.54, 1.807) is 12.1 Å². The number of nitrogens with one attached hydrogen (secondary N) is 1. The van der Waals surface area contributed by atoms with Gasteiger partial charge in [0.05, 0.1) is 0 Å². The number of fused-ring (bicyclic) bond motifs is 1. The van der Waals surface area contributed by atoms with E-state index in [4.69, 9.17) is 5.11 Å². The minimum atomic E-state index is -1.43. The zero-order chi connectivity index (χ0) is 23.2. The molecule has 0 saturated carbocycles. The Labute approximate surface area is 193 Å². The Morgan fingerprint density at radius 1 is 0.879 bits per heavy atom. The summed E-state index contributed by atoms with van der Waals surface area (Å²) in [7, 11) is 0. The van der Waals surface area contributed by atoms with Crippen molar-refractivity contribution in [3.05, 3.63) is 107 Å². The van der Waals surface area contributed by atoms with Gasteiger partial charge in [-0.1, -0.05) is 78.9 Å². The minimum absolute atomic E-state index is 0.0121. The lowest BCUT2D eigenvalue weighted by molar-refractivity contribution is -0.131. The number of carbonyl (C=O) groups excluding carboxylic acids is 2. The van der Waals surface area contributed by atoms with Crippen molar-refractivity contribution >= 4 is 17.7 Å². The van der Waals surface area contributed by atoms with Gasteiger partial charge >= 0.3 is 5.97 Å². The number of ketones is 1. The van der Waals surface area contributed by atoms with Crippen LogP contribution in [0.3, 0.4) is 0 Å². The largest absolute Gasteiger partial charge is 0.475 e. The molecule has 5 heteroatoms. The van der Waals surface area contributed by atoms with Crippen LogP contribution < -0.4 is 5.32 Å². The average Bonchev–Trinajstić information content (AvgIpc) is 2.84. The molecule has 1 amide bonds. The van der Waals surface area contributed by atoms with Crippen LogP contribution in [0.2, 0.25) is 0 Å². The number of rotatable bonds is 8. The highest BCUT2D eigenvalue weighted by Gasteiger charge is 2.27. The van der Waals surface area contributed by atoms with Crippen molar-refractivity contribution in [2.24, 2.45) is 5.92 Å². The molecule has 0 fully saturated rings. The first kappa shape index (κ1) is 22.5. The third-order valence-electron chi connectivity index (χ3n) is 6.40. The molecule has 0 radical (unpaired) electrons. The second-order valence-electron chi connectivity index (χ2n) is 8.57. The van der Waals surface area contributed by atoms with Crippen LogP contribution in [0.15, 0.2) is 78.9 Å². The van der Waals surface area contributed by atoms with Crippen LogP contribution in [0.1, 0.15) is 51.4 Å². The summed E-state index contributed by atoms with van der Waals surface area (Å²) in [6, 6.07) is 25.6. The molecule has 4 rings (SSSR count). The molecule has 0 heterocycles. The van der Waals surface area contributed by atoms with Gasteiger partial charge in [0.2, 0.25) is 5.91 Å². The Bertz CT molecular complexity index is 1100. The van der Waals surface area contributed by atoms with Crippen LogP contribution in [0, 0.1) is 5.92 Å². The van der Waals surface area contributed by atoms with Crippen LogP contribution >= 0.6 is 0 Å². The zero-order valence-electron chi connectivity index (χ0n) is 18.4. The van der Waals surface area contributed by atoms with Gasteiger partial charge in [0, 0.05) is 24.4 Å². The molecule has 0 aromatic heterocycles. The molecule has 0 spiro atoms. The second-order valence-corrected chi connectivity index (χ2v) is 8.57. The van der Waals surface area contributed by atoms with Crippen molar-refractivity contribution in [2.75, 3.05) is 6.54 Å². The summed E-state index contributed by atoms with van der Waals surface area (Å²) >= 11 is 0. The molecule has 5 nitrogen and oxygen atoms in total. The minimum Gasteiger partial charge on any atom is -0.475 e. The number of benzene rings is 3. The summed E-state index contributed by atoms with van der Waals surface area (Å²) in [6.07, 6.45) is 2.45. The van der Waals surface area contributed by atoms with Gasteiger partial charge < -0.3 is 10.4 Å². The summed E-state index contributed by atoms with van der Waals surface area (Å²) < 4.78 is 0. The molecule has 2 N–H and O–H groups in total. The standard InChI is InChI=1S/C28H27NO4/c30-26(29-18-25(20-8-3-1-4-9-20)21-10-5-2-6-11-21)17-19-14-15-23-22(16-19)12-7-13-24(23)27(31)28(32)33/h1-13,19,25H,14-18H2,(H,29,30)(H,32,33). The first-order valence-electron chi connectivity index (χ1n) is 11.3. The number of amides is 1. The van der Waals surface area contributed by atoms with Crippen LogP contribution in [-0.4, -0.2) is 29.3 Å². The van der Waals surface area contributed by atoms with E-state index in [9.17, 15) is 14.4 Å². The van der Waals surface area contributed by atoms with Crippen molar-refractivity contribution in [1.82, 2.24) is 5.32 Å². The summed E-state index contributed by atoms with van der Waals surface area (Å²) in [4.78, 5) is 35.9. The number of carboxylic acids is 1. The maximum Gasteiger partial charge on any atom is 0.377 e. The molecule has 1 unspecified atom stereocenters. The van der Waals surface area contributed by atoms with Crippen molar-refractivity contribution in [2.45, 2.75) is 31.6 Å². The van der Waals surface area contributed by atoms with E-state index in [-0.39, 0.29) is 23.3 Å². The summed E-state index contributed by atoms with van der Waals surface area (Å²) in [5.74, 6) is -2.04. The van der Waals surface area contributed by atoms with Crippen LogP contribution in [-0.2, 0) is 22.4 Å². The number of carbonyl (C=O) groups is 3. The van der Waals surface area contributed by atoms with Crippen molar-refractivity contribution in [3.8, 4) is 0 Å². The van der Waals surface area contributed by atoms with Crippen molar-refractivity contribution < 1.29 is 19.5 Å². The van der Waals surface area contributed by atoms with E-state index in [2.05, 4.69) is 29.6 Å². The fourth-order valence-corrected chi connectivity index (χ4v) is 4.73. The van der Waals surface area contributed by atoms with Crippen molar-refractivity contribution in [1.29, 1.82) is 0 Å². The lowest BCUT2D eigenvalue weighted by atomic mass is 9.79. The Morgan fingerprint density at radius 2 is 1.52 bits per heavy atom. The van der Waals surface area contributed by atoms with Gasteiger partial charge in [-0.2, -0.15) is 0 Å². The molecular weight excluding hydrogens is 414 g/mol. The van der Waals surface area contributed by atoms with Gasteiger partial charge in [0.15, 0.2) is 0 Å². The SMILES string of the molecule is O=C(CC1CCc2c(cccc2C(=O)C(=O)O)C1)NCC(c1ccccc1)c1ccccc1. The van der Waals surface area contributed by atoms with Gasteiger partial charge in [0.1, 0.15) is 0 Å². The molecule has 1 aliphatic rings. The average molecular weight is 442 g/mol. The Morgan fingerprint density at radius 3 is 2.12 bits per heavy atom. The van der Waals surface area contributed by atoms with E-state index < -0.39 is 11.8 Å². The molecule has 1 aliphatic carbocycles. The Kier molecular flexibility index (Phi) is 6.98. The second kappa shape index (κ2) is 10.3. The normalized spacial score (nSPS) is 15.0. The van der Waals surface area contributed by atoms with E-state index in [1.165, 1.54) is 0 Å². The highest BCUT2D eigenvalue weighted by molar-refractivity contribution is 6.40. The smallest absolute Gasteiger partial charge is 0.377 e. The van der Waals surface area contributed by atoms with E-state index in [0.717, 1.165) is 28.7 Å². The third-order valence-corrected chi connectivity index (χ3v) is 6.40. The predicted molar refractivity (Wildman–Crippen MR) is 126 cm³/mol. The molecule has 33 heavy (non-hydrogen) atoms. The Balaban J connectivity index is 1.40. The molecule has 0 aliphatic heterocycles. The summed E-state index contributed by atoms with van der Waals surface area (Å²) in [6.45, 7) is 0.521. The number of Topliss-reactive ketones (excluding diaryl/α,β-unsaturated/α-hetero) is 1. The molecule has 3 aromatic carbocycles. The molecule has 0 bridgehead atoms. The molecule has 1 atom stereocenters. The molecule has 0 saturated heterocycles. The highest BCUT2D eigenvalue weighted by atomic mass is 16.4. The number of carboxylic acid groups (broad SMARTS) is 1. The van der Waals surface area contributed by atoms with Crippen LogP contribution in [0.25, 0.3) is 0 Å². The molecule has 168 valence electrons. The van der Waals surface area contributed by atoms with Gasteiger partial charge in [-0.05, 0) is 47.4 Å². The van der Waals surface area contributed by atoms with E-state index in [0.29, 0.717) is 25.8 Å². The zero-order valence-corrected chi connectivity index (χ0v) is 18.4. The van der Waals surface area contributed by atoms with Gasteiger partial charge in [-0.25, -0.2) is 4.79 Å². The van der Waals surface area contributed by atoms with E-state index >= 15 is 0 Å². The van der Waals surface area contributed by atoms with Crippen LogP contribution in [0.5, 0.6) is 0 Å². The number of hydrogen-bond acceptors (Lipinski definition) is 3. The predicted octanol–water partition coefficient (Wildman–Crippen LogP) is 4.40. The Hall–Kier alpha value is -3.73. The topological polar surface area (TPSA) is 83.5 Å². The lowest BCUT2D eigenvalue weighted by Crippen LogP contribution is -2.31. The quantitative estimate of drug-likeness (QED) is 0.401. The molecular formula is C28H27NO4. The fraction of sp³-hybridized carbons (Fsp3) is 0.250. The van der Waals surface area contributed by atoms with Gasteiger partial charge in [0.25, 0.3) is 5.78 Å². The van der Waals surface area contributed by atoms with Gasteiger partial charge in [-0.15, -0.1) is 0 Å². The fourth-order valence-electron chi connectivity index (χ4n) is 4.73. The number of aliphatic carboxylic acids is 1. The maximum atomic E-state index is 12.8. The first-order valence-corrected chi connectivity index (χ1v) is 11.3. The van der Waals surface area contributed by atoms with E-state index in [1.807, 2.05) is 42.5 Å².